The maximum absolute atomic E-state index is 12.3. The molecule has 0 amide bonds. The third-order valence-electron chi connectivity index (χ3n) is 3.50. The van der Waals surface area contributed by atoms with Crippen LogP contribution in [0, 0.1) is 0 Å². The molecule has 0 fully saturated rings. The van der Waals surface area contributed by atoms with Crippen molar-refractivity contribution in [2.75, 3.05) is 24.6 Å². The Bertz CT molecular complexity index is 977. The Kier molecular flexibility index (Phi) is 6.42. The second kappa shape index (κ2) is 8.38. The van der Waals surface area contributed by atoms with Crippen molar-refractivity contribution in [1.29, 1.82) is 0 Å². The number of benzene rings is 2. The van der Waals surface area contributed by atoms with Gasteiger partial charge in [-0.3, -0.25) is 5.43 Å². The SMILES string of the molecule is C/C=N\N(Nc1cccc(Cl)c1)c1ccc(S(=O)(=O)N(C)C)cc1C(=O)O. The lowest BCUT2D eigenvalue weighted by atomic mass is 10.2. The fourth-order valence-electron chi connectivity index (χ4n) is 2.19. The largest absolute Gasteiger partial charge is 0.478 e. The quantitative estimate of drug-likeness (QED) is 0.537. The summed E-state index contributed by atoms with van der Waals surface area (Å²) in [5, 5.41) is 15.4. The molecule has 2 rings (SSSR count). The van der Waals surface area contributed by atoms with Gasteiger partial charge in [0.25, 0.3) is 0 Å². The highest BCUT2D eigenvalue weighted by Gasteiger charge is 2.23. The Hall–Kier alpha value is -2.62. The third kappa shape index (κ3) is 4.76. The fourth-order valence-corrected chi connectivity index (χ4v) is 3.31. The van der Waals surface area contributed by atoms with Gasteiger partial charge in [-0.15, -0.1) is 0 Å². The van der Waals surface area contributed by atoms with E-state index in [9.17, 15) is 18.3 Å². The van der Waals surface area contributed by atoms with Gasteiger partial charge in [-0.1, -0.05) is 17.7 Å². The van der Waals surface area contributed by atoms with Gasteiger partial charge in [-0.2, -0.15) is 10.2 Å². The first kappa shape index (κ1) is 20.7. The van der Waals surface area contributed by atoms with E-state index in [0.717, 1.165) is 10.4 Å². The Morgan fingerprint density at radius 3 is 2.48 bits per heavy atom. The van der Waals surface area contributed by atoms with Gasteiger partial charge < -0.3 is 5.11 Å². The second-order valence-corrected chi connectivity index (χ2v) is 8.17. The standard InChI is InChI=1S/C17H19ClN4O4S/c1-4-19-22(20-13-7-5-6-12(18)10-13)16-9-8-14(11-15(16)17(23)24)27(25,26)21(2)3/h4-11,20H,1-3H3,(H,23,24)/b19-4-. The fraction of sp³-hybridized carbons (Fsp3) is 0.176. The van der Waals surface area contributed by atoms with Crippen molar-refractivity contribution >= 4 is 45.2 Å². The van der Waals surface area contributed by atoms with E-state index in [1.807, 2.05) is 0 Å². The summed E-state index contributed by atoms with van der Waals surface area (Å²) in [7, 11) is -1.03. The summed E-state index contributed by atoms with van der Waals surface area (Å²) in [4.78, 5) is 11.6. The van der Waals surface area contributed by atoms with Gasteiger partial charge in [0.1, 0.15) is 0 Å². The number of carboxylic acid groups (broad SMARTS) is 1. The first-order chi connectivity index (χ1) is 12.7. The van der Waals surface area contributed by atoms with Crippen LogP contribution >= 0.6 is 11.6 Å². The molecule has 0 saturated carbocycles. The molecular weight excluding hydrogens is 392 g/mol. The molecule has 0 aliphatic carbocycles. The topological polar surface area (TPSA) is 102 Å². The number of nitrogens with one attached hydrogen (secondary N) is 1. The molecule has 8 nitrogen and oxygen atoms in total. The number of sulfonamides is 1. The number of carboxylic acids is 1. The zero-order valence-corrected chi connectivity index (χ0v) is 16.5. The molecule has 0 heterocycles. The molecule has 0 atom stereocenters. The molecule has 0 aromatic heterocycles. The zero-order chi connectivity index (χ0) is 20.2. The average Bonchev–Trinajstić information content (AvgIpc) is 2.60. The highest BCUT2D eigenvalue weighted by molar-refractivity contribution is 7.89. The van der Waals surface area contributed by atoms with Gasteiger partial charge in [0.05, 0.1) is 21.8 Å². The number of hydrazine groups is 1. The minimum absolute atomic E-state index is 0.128. The molecule has 0 bridgehead atoms. The van der Waals surface area contributed by atoms with Crippen LogP contribution in [0.5, 0.6) is 0 Å². The molecule has 2 aromatic carbocycles. The highest BCUT2D eigenvalue weighted by Crippen LogP contribution is 2.27. The number of hydrogen-bond donors (Lipinski definition) is 2. The van der Waals surface area contributed by atoms with Gasteiger partial charge in [0.2, 0.25) is 10.0 Å². The number of nitrogens with zero attached hydrogens (tertiary/aromatic N) is 3. The molecule has 0 saturated heterocycles. The zero-order valence-electron chi connectivity index (χ0n) is 14.9. The van der Waals surface area contributed by atoms with Gasteiger partial charge in [0.15, 0.2) is 0 Å². The molecule has 0 spiro atoms. The summed E-state index contributed by atoms with van der Waals surface area (Å²) < 4.78 is 25.6. The number of aromatic carboxylic acids is 1. The number of carbonyl (C=O) groups is 1. The summed E-state index contributed by atoms with van der Waals surface area (Å²) in [6, 6.07) is 10.6. The van der Waals surface area contributed by atoms with E-state index in [2.05, 4.69) is 10.5 Å². The predicted octanol–water partition coefficient (Wildman–Crippen LogP) is 3.13. The van der Waals surface area contributed by atoms with Crippen LogP contribution in [0.3, 0.4) is 0 Å². The van der Waals surface area contributed by atoms with Crippen molar-refractivity contribution in [2.45, 2.75) is 11.8 Å². The molecule has 2 aromatic rings. The van der Waals surface area contributed by atoms with Gasteiger partial charge in [-0.25, -0.2) is 17.5 Å². The lowest BCUT2D eigenvalue weighted by Crippen LogP contribution is -2.27. The van der Waals surface area contributed by atoms with Crippen molar-refractivity contribution in [2.24, 2.45) is 5.10 Å². The van der Waals surface area contributed by atoms with Crippen molar-refractivity contribution in [3.05, 3.63) is 53.1 Å². The summed E-state index contributed by atoms with van der Waals surface area (Å²) in [5.74, 6) is -1.29. The molecule has 0 radical (unpaired) electrons. The van der Waals surface area contributed by atoms with Gasteiger partial charge >= 0.3 is 5.97 Å². The molecule has 0 aliphatic heterocycles. The van der Waals surface area contributed by atoms with Crippen LogP contribution < -0.4 is 10.5 Å². The Morgan fingerprint density at radius 1 is 1.22 bits per heavy atom. The number of hydrazone groups is 1. The number of halogens is 1. The molecular formula is C17H19ClN4O4S. The summed E-state index contributed by atoms with van der Waals surface area (Å²) >= 11 is 5.97. The van der Waals surface area contributed by atoms with Crippen LogP contribution in [-0.4, -0.2) is 44.1 Å². The predicted molar refractivity (Wildman–Crippen MR) is 106 cm³/mol. The maximum Gasteiger partial charge on any atom is 0.338 e. The monoisotopic (exact) mass is 410 g/mol. The first-order valence-corrected chi connectivity index (χ1v) is 9.59. The second-order valence-electron chi connectivity index (χ2n) is 5.58. The van der Waals surface area contributed by atoms with E-state index in [4.69, 9.17) is 11.6 Å². The molecule has 144 valence electrons. The van der Waals surface area contributed by atoms with Gasteiger partial charge in [0, 0.05) is 25.3 Å². The maximum atomic E-state index is 12.3. The third-order valence-corrected chi connectivity index (χ3v) is 5.54. The normalized spacial score (nSPS) is 11.7. The lowest BCUT2D eigenvalue weighted by Gasteiger charge is -2.23. The average molecular weight is 411 g/mol. The first-order valence-electron chi connectivity index (χ1n) is 7.77. The van der Waals surface area contributed by atoms with E-state index in [1.165, 1.54) is 37.6 Å². The van der Waals surface area contributed by atoms with Crippen LogP contribution in [0.25, 0.3) is 0 Å². The molecule has 27 heavy (non-hydrogen) atoms. The van der Waals surface area contributed by atoms with Crippen LogP contribution in [0.15, 0.2) is 52.5 Å². The Labute approximate surface area is 162 Å². The van der Waals surface area contributed by atoms with Crippen molar-refractivity contribution in [1.82, 2.24) is 4.31 Å². The Balaban J connectivity index is 2.54. The summed E-state index contributed by atoms with van der Waals surface area (Å²) in [5.41, 5.74) is 3.46. The van der Waals surface area contributed by atoms with Crippen LogP contribution in [0.4, 0.5) is 11.4 Å². The summed E-state index contributed by atoms with van der Waals surface area (Å²) in [6.45, 7) is 1.66. The van der Waals surface area contributed by atoms with Crippen LogP contribution in [0.2, 0.25) is 5.02 Å². The molecule has 0 aliphatic rings. The van der Waals surface area contributed by atoms with Crippen molar-refractivity contribution in [3.8, 4) is 0 Å². The molecule has 0 unspecified atom stereocenters. The molecule has 10 heteroatoms. The number of anilines is 2. The minimum Gasteiger partial charge on any atom is -0.478 e. The van der Waals surface area contributed by atoms with Crippen molar-refractivity contribution in [3.63, 3.8) is 0 Å². The Morgan fingerprint density at radius 2 is 1.93 bits per heavy atom. The van der Waals surface area contributed by atoms with Gasteiger partial charge in [-0.05, 0) is 43.3 Å². The van der Waals surface area contributed by atoms with E-state index < -0.39 is 16.0 Å². The van der Waals surface area contributed by atoms with E-state index >= 15 is 0 Å². The summed E-state index contributed by atoms with van der Waals surface area (Å²) in [6.07, 6.45) is 1.47. The van der Waals surface area contributed by atoms with E-state index in [-0.39, 0.29) is 16.1 Å². The number of rotatable bonds is 7. The number of hydrogen-bond acceptors (Lipinski definition) is 6. The van der Waals surface area contributed by atoms with Crippen molar-refractivity contribution < 1.29 is 18.3 Å². The van der Waals surface area contributed by atoms with Crippen LogP contribution in [-0.2, 0) is 10.0 Å². The van der Waals surface area contributed by atoms with E-state index in [0.29, 0.717) is 10.7 Å². The van der Waals surface area contributed by atoms with E-state index in [1.54, 1.807) is 31.2 Å². The molecule has 2 N–H and O–H groups in total. The highest BCUT2D eigenvalue weighted by atomic mass is 35.5. The smallest absolute Gasteiger partial charge is 0.338 e. The minimum atomic E-state index is -3.78. The van der Waals surface area contributed by atoms with Crippen LogP contribution in [0.1, 0.15) is 17.3 Å². The lowest BCUT2D eigenvalue weighted by molar-refractivity contribution is 0.0697.